The van der Waals surface area contributed by atoms with Crippen molar-refractivity contribution in [2.45, 2.75) is 30.9 Å². The van der Waals surface area contributed by atoms with Crippen molar-refractivity contribution >= 4 is 63.9 Å². The Morgan fingerprint density at radius 2 is 2.00 bits per heavy atom. The van der Waals surface area contributed by atoms with Gasteiger partial charge in [-0.3, -0.25) is 14.5 Å². The number of thioether (sulfide) groups is 1. The van der Waals surface area contributed by atoms with Crippen molar-refractivity contribution in [2.24, 2.45) is 16.6 Å². The topological polar surface area (TPSA) is 301 Å². The van der Waals surface area contributed by atoms with Crippen LogP contribution in [0.3, 0.4) is 0 Å². The predicted octanol–water partition coefficient (Wildman–Crippen LogP) is -5.76. The van der Waals surface area contributed by atoms with Crippen molar-refractivity contribution in [3.05, 3.63) is 28.6 Å². The van der Waals surface area contributed by atoms with E-state index in [-0.39, 0.29) is 54.4 Å². The largest absolute Gasteiger partial charge is 0.546 e. The number of nitrogens with one attached hydrogen (secondary N) is 4. The lowest BCUT2D eigenvalue weighted by Crippen LogP contribution is -3.16. The summed E-state index contributed by atoms with van der Waals surface area (Å²) in [6.07, 6.45) is 0. The summed E-state index contributed by atoms with van der Waals surface area (Å²) in [5, 5.41) is 34.3. The van der Waals surface area contributed by atoms with Crippen LogP contribution in [0.1, 0.15) is 19.7 Å². The van der Waals surface area contributed by atoms with Crippen LogP contribution in [0.5, 0.6) is 0 Å². The van der Waals surface area contributed by atoms with Gasteiger partial charge >= 0.3 is 12.0 Å². The van der Waals surface area contributed by atoms with Crippen LogP contribution in [0.2, 0.25) is 0 Å². The van der Waals surface area contributed by atoms with E-state index < -0.39 is 52.5 Å². The zero-order valence-corrected chi connectivity index (χ0v) is 25.9. The maximum atomic E-state index is 13.3. The number of nitrogen functional groups attached to an aromatic ring is 1. The first-order valence-electron chi connectivity index (χ1n) is 13.3. The number of fused-ring (bicyclic) bond motifs is 1. The summed E-state index contributed by atoms with van der Waals surface area (Å²) < 4.78 is 3.91. The van der Waals surface area contributed by atoms with Crippen LogP contribution < -0.4 is 43.3 Å². The Balaban J connectivity index is 1.49. The lowest BCUT2D eigenvalue weighted by atomic mass is 10.0. The molecule has 1 saturated heterocycles. The number of amides is 4. The summed E-state index contributed by atoms with van der Waals surface area (Å²) in [5.41, 5.74) is 15.4. The normalized spacial score (nSPS) is 21.7. The molecule has 4 rings (SSSR count). The second-order valence-corrected chi connectivity index (χ2v) is 12.3. The smallest absolute Gasteiger partial charge is 0.352 e. The zero-order chi connectivity index (χ0) is 33.2. The minimum atomic E-state index is -1.92. The van der Waals surface area contributed by atoms with Gasteiger partial charge in [0, 0.05) is 35.9 Å². The van der Waals surface area contributed by atoms with Gasteiger partial charge in [0.1, 0.15) is 35.9 Å². The van der Waals surface area contributed by atoms with Crippen molar-refractivity contribution in [3.63, 3.8) is 0 Å². The van der Waals surface area contributed by atoms with Crippen molar-refractivity contribution in [2.75, 3.05) is 44.7 Å². The van der Waals surface area contributed by atoms with Gasteiger partial charge in [0.05, 0.1) is 13.0 Å². The first-order chi connectivity index (χ1) is 21.2. The molecule has 11 N–H and O–H groups in total. The highest BCUT2D eigenvalue weighted by atomic mass is 32.2. The molecule has 0 radical (unpaired) electrons. The number of carboxylic acids is 2. The Morgan fingerprint density at radius 1 is 1.29 bits per heavy atom. The van der Waals surface area contributed by atoms with Gasteiger partial charge in [0.15, 0.2) is 16.6 Å². The number of quaternary nitrogens is 1. The standard InChI is InChI=1S/C23H32N12O8S2/c1-23(2,20(40)41)43-31-11(15-30-21(26)45-32-15)16(36)29-12-17(37)35-13(19(38)39)9(8-44-18(12)35)6-34-7-10(14(25)33(34)3)28-22(42)27-5-4-24/h12,18H,4-8,24-25H2,1-3H3,(H,29,36)(H,38,39)(H,40,41)(H2,26,30,32)(H2,27,28,42)/b31-11-/t12-,18-/m1/s1. The molecular weight excluding hydrogens is 636 g/mol. The molecule has 0 bridgehead atoms. The van der Waals surface area contributed by atoms with Gasteiger partial charge in [-0.1, -0.05) is 5.16 Å². The number of hydrogen-bond donors (Lipinski definition) is 8. The molecule has 1 aromatic heterocycles. The number of rotatable bonds is 12. The third-order valence-electron chi connectivity index (χ3n) is 6.90. The van der Waals surface area contributed by atoms with Crippen molar-refractivity contribution in [3.8, 4) is 0 Å². The molecule has 3 aliphatic rings. The van der Waals surface area contributed by atoms with Gasteiger partial charge in [-0.25, -0.2) is 19.6 Å². The number of hydrogen-bond acceptors (Lipinski definition) is 16. The minimum absolute atomic E-state index is 0.0114. The molecule has 20 nitrogen and oxygen atoms in total. The molecule has 3 atom stereocenters. The van der Waals surface area contributed by atoms with Gasteiger partial charge < -0.3 is 53.0 Å². The van der Waals surface area contributed by atoms with E-state index in [2.05, 4.69) is 30.5 Å². The summed E-state index contributed by atoms with van der Waals surface area (Å²) in [7, 11) is 1.68. The summed E-state index contributed by atoms with van der Waals surface area (Å²) >= 11 is 1.98. The molecule has 1 fully saturated rings. The van der Waals surface area contributed by atoms with Crippen LogP contribution in [0.4, 0.5) is 9.93 Å². The number of β-lactam (4-membered cyclic amide) rings is 1. The molecule has 0 aliphatic carbocycles. The van der Waals surface area contributed by atoms with Crippen LogP contribution in [-0.4, -0.2) is 116 Å². The number of oxime groups is 1. The molecule has 22 heteroatoms. The molecule has 0 spiro atoms. The fourth-order valence-corrected chi connectivity index (χ4v) is 6.21. The predicted molar refractivity (Wildman–Crippen MR) is 156 cm³/mol. The van der Waals surface area contributed by atoms with E-state index in [0.717, 1.165) is 30.3 Å². The first kappa shape index (κ1) is 33.2. The molecule has 4 amide bonds. The fourth-order valence-electron chi connectivity index (χ4n) is 4.43. The van der Waals surface area contributed by atoms with Crippen molar-refractivity contribution in [1.82, 2.24) is 35.2 Å². The lowest BCUT2D eigenvalue weighted by molar-refractivity contribution is -0.992. The van der Waals surface area contributed by atoms with Crippen LogP contribution >= 0.6 is 23.3 Å². The average Bonchev–Trinajstić information content (AvgIpc) is 3.52. The number of aromatic nitrogens is 2. The third-order valence-corrected chi connectivity index (χ3v) is 8.78. The highest BCUT2D eigenvalue weighted by Crippen LogP contribution is 2.40. The molecule has 45 heavy (non-hydrogen) atoms. The van der Waals surface area contributed by atoms with E-state index >= 15 is 0 Å². The summed E-state index contributed by atoms with van der Waals surface area (Å²) in [6, 6.07) is -1.64. The Kier molecular flexibility index (Phi) is 9.70. The number of carboxylic acid groups (broad SMARTS) is 2. The van der Waals surface area contributed by atoms with Gasteiger partial charge in [-0.15, -0.1) is 11.8 Å². The maximum Gasteiger partial charge on any atom is 0.352 e. The monoisotopic (exact) mass is 668 g/mol. The van der Waals surface area contributed by atoms with Gasteiger partial charge in [0.2, 0.25) is 11.5 Å². The third kappa shape index (κ3) is 6.87. The molecule has 0 saturated carbocycles. The van der Waals surface area contributed by atoms with Crippen molar-refractivity contribution < 1.29 is 44.0 Å². The zero-order valence-electron chi connectivity index (χ0n) is 24.3. The van der Waals surface area contributed by atoms with E-state index in [1.807, 2.05) is 0 Å². The van der Waals surface area contributed by atoms with Crippen LogP contribution in [0, 0.1) is 0 Å². The van der Waals surface area contributed by atoms with E-state index in [0.29, 0.717) is 16.3 Å². The second kappa shape index (κ2) is 13.1. The minimum Gasteiger partial charge on any atom is -0.546 e. The summed E-state index contributed by atoms with van der Waals surface area (Å²) in [4.78, 5) is 72.3. The van der Waals surface area contributed by atoms with Gasteiger partial charge in [0.25, 0.3) is 11.8 Å². The van der Waals surface area contributed by atoms with Crippen molar-refractivity contribution in [1.29, 1.82) is 0 Å². The Labute approximate surface area is 263 Å². The Bertz CT molecular complexity index is 1510. The molecule has 3 aliphatic heterocycles. The molecule has 0 aromatic carbocycles. The molecular formula is C23H32N12O8S2. The highest BCUT2D eigenvalue weighted by Gasteiger charge is 2.55. The SMILES string of the molecule is CN1C(N)=C(NC(=O)NCCN)C[NH+]1CC1=C(C(=O)O)N2C(=O)[C@@H](NC(=O)/C(=N\OC(C)(C)C(=O)[O-])c3nsc(N)n3)[C@H]2SC1. The number of anilines is 1. The molecule has 244 valence electrons. The molecule has 4 heterocycles. The van der Waals surface area contributed by atoms with Gasteiger partial charge in [-0.05, 0) is 13.8 Å². The van der Waals surface area contributed by atoms with Crippen LogP contribution in [0.15, 0.2) is 27.9 Å². The van der Waals surface area contributed by atoms with Crippen LogP contribution in [0.25, 0.3) is 0 Å². The number of carbonyl (C=O) groups excluding carboxylic acids is 4. The average molecular weight is 669 g/mol. The highest BCUT2D eigenvalue weighted by molar-refractivity contribution is 8.00. The Morgan fingerprint density at radius 3 is 2.60 bits per heavy atom. The summed E-state index contributed by atoms with van der Waals surface area (Å²) in [5.74, 6) is -4.40. The maximum absolute atomic E-state index is 13.3. The van der Waals surface area contributed by atoms with E-state index in [4.69, 9.17) is 22.0 Å². The number of carbonyl (C=O) groups is 5. The first-order valence-corrected chi connectivity index (χ1v) is 15.1. The number of nitrogens with two attached hydrogens (primary N) is 3. The number of nitrogens with zero attached hydrogens (tertiary/aromatic N) is 5. The molecule has 1 aromatic rings. The molecule has 1 unspecified atom stereocenters. The van der Waals surface area contributed by atoms with E-state index in [9.17, 15) is 34.2 Å². The second-order valence-electron chi connectivity index (χ2n) is 10.4. The number of urea groups is 1. The Hall–Kier alpha value is -4.67. The van der Waals surface area contributed by atoms with Gasteiger partial charge in [-0.2, -0.15) is 9.36 Å². The quantitative estimate of drug-likeness (QED) is 0.0584. The summed E-state index contributed by atoms with van der Waals surface area (Å²) in [6.45, 7) is 3.21. The van der Waals surface area contributed by atoms with E-state index in [1.54, 1.807) is 12.1 Å². The lowest BCUT2D eigenvalue weighted by Gasteiger charge is -2.49. The van der Waals surface area contributed by atoms with Crippen LogP contribution in [-0.2, 0) is 24.0 Å². The fraction of sp³-hybridized carbons (Fsp3) is 0.478. The number of aliphatic carboxylic acids is 2. The van der Waals surface area contributed by atoms with E-state index in [1.165, 1.54) is 11.8 Å².